The van der Waals surface area contributed by atoms with E-state index in [-0.39, 0.29) is 23.1 Å². The monoisotopic (exact) mass is 283 g/mol. The number of nitrogens with two attached hydrogens (primary N) is 1. The number of hydrogen-bond acceptors (Lipinski definition) is 3. The molecule has 0 saturated carbocycles. The molecule has 1 aliphatic heterocycles. The van der Waals surface area contributed by atoms with E-state index in [0.29, 0.717) is 19.5 Å². The second-order valence-corrected chi connectivity index (χ2v) is 6.83. The van der Waals surface area contributed by atoms with Crippen molar-refractivity contribution >= 4 is 11.8 Å². The number of rotatable bonds is 6. The molecule has 1 aliphatic rings. The van der Waals surface area contributed by atoms with Crippen molar-refractivity contribution in [2.75, 3.05) is 26.2 Å². The summed E-state index contributed by atoms with van der Waals surface area (Å²) >= 11 is 0. The molecule has 0 spiro atoms. The number of hydrogen-bond donors (Lipinski definition) is 2. The van der Waals surface area contributed by atoms with Crippen LogP contribution < -0.4 is 11.1 Å². The quantitative estimate of drug-likeness (QED) is 0.767. The predicted molar refractivity (Wildman–Crippen MR) is 80.1 cm³/mol. The standard InChI is InChI=1S/C15H29N3O2/c1-15(2,3)10-12(11-16)14(20)17-7-6-13(19)18-8-4-5-9-18/h12H,4-11,16H2,1-3H3,(H,17,20). The Morgan fingerprint density at radius 2 is 1.85 bits per heavy atom. The van der Waals surface area contributed by atoms with Gasteiger partial charge >= 0.3 is 0 Å². The van der Waals surface area contributed by atoms with Crippen molar-refractivity contribution in [1.82, 2.24) is 10.2 Å². The molecule has 1 heterocycles. The highest BCUT2D eigenvalue weighted by atomic mass is 16.2. The molecule has 0 bridgehead atoms. The molecule has 5 heteroatoms. The number of nitrogens with zero attached hydrogens (tertiary/aromatic N) is 1. The maximum Gasteiger partial charge on any atom is 0.224 e. The topological polar surface area (TPSA) is 75.4 Å². The van der Waals surface area contributed by atoms with Gasteiger partial charge in [-0.15, -0.1) is 0 Å². The SMILES string of the molecule is CC(C)(C)CC(CN)C(=O)NCCC(=O)N1CCCC1. The Morgan fingerprint density at radius 3 is 2.35 bits per heavy atom. The first-order valence-electron chi connectivity index (χ1n) is 7.59. The maximum atomic E-state index is 12.0. The molecule has 1 saturated heterocycles. The molecule has 116 valence electrons. The van der Waals surface area contributed by atoms with Gasteiger partial charge in [-0.1, -0.05) is 20.8 Å². The van der Waals surface area contributed by atoms with Crippen LogP contribution in [0.3, 0.4) is 0 Å². The summed E-state index contributed by atoms with van der Waals surface area (Å²) in [5.41, 5.74) is 5.75. The fraction of sp³-hybridized carbons (Fsp3) is 0.867. The molecule has 0 aromatic carbocycles. The molecule has 0 aromatic heterocycles. The first kappa shape index (κ1) is 17.0. The van der Waals surface area contributed by atoms with Crippen LogP contribution in [-0.4, -0.2) is 42.9 Å². The van der Waals surface area contributed by atoms with E-state index in [1.54, 1.807) is 0 Å². The third-order valence-corrected chi connectivity index (χ3v) is 3.61. The zero-order chi connectivity index (χ0) is 15.2. The minimum Gasteiger partial charge on any atom is -0.355 e. The van der Waals surface area contributed by atoms with Gasteiger partial charge in [0, 0.05) is 32.6 Å². The third-order valence-electron chi connectivity index (χ3n) is 3.61. The lowest BCUT2D eigenvalue weighted by atomic mass is 9.84. The Balaban J connectivity index is 2.28. The lowest BCUT2D eigenvalue weighted by Gasteiger charge is -2.24. The number of carbonyl (C=O) groups excluding carboxylic acids is 2. The van der Waals surface area contributed by atoms with Gasteiger partial charge in [0.2, 0.25) is 11.8 Å². The zero-order valence-electron chi connectivity index (χ0n) is 13.1. The van der Waals surface area contributed by atoms with Crippen LogP contribution in [0.15, 0.2) is 0 Å². The minimum atomic E-state index is -0.170. The Bertz CT molecular complexity index is 331. The van der Waals surface area contributed by atoms with Gasteiger partial charge in [0.1, 0.15) is 0 Å². The molecule has 5 nitrogen and oxygen atoms in total. The minimum absolute atomic E-state index is 0.0309. The summed E-state index contributed by atoms with van der Waals surface area (Å²) in [5, 5.41) is 2.84. The Morgan fingerprint density at radius 1 is 1.25 bits per heavy atom. The summed E-state index contributed by atoms with van der Waals surface area (Å²) in [6.07, 6.45) is 3.34. The van der Waals surface area contributed by atoms with E-state index in [1.807, 2.05) is 4.90 Å². The smallest absolute Gasteiger partial charge is 0.224 e. The van der Waals surface area contributed by atoms with Crippen LogP contribution in [0.25, 0.3) is 0 Å². The average molecular weight is 283 g/mol. The number of amides is 2. The van der Waals surface area contributed by atoms with Gasteiger partial charge in [-0.2, -0.15) is 0 Å². The highest BCUT2D eigenvalue weighted by molar-refractivity contribution is 5.80. The van der Waals surface area contributed by atoms with Gasteiger partial charge in [-0.25, -0.2) is 0 Å². The lowest BCUT2D eigenvalue weighted by molar-refractivity contribution is -0.130. The molecule has 1 fully saturated rings. The first-order valence-corrected chi connectivity index (χ1v) is 7.59. The summed E-state index contributed by atoms with van der Waals surface area (Å²) in [5.74, 6) is -0.0588. The second kappa shape index (κ2) is 7.62. The van der Waals surface area contributed by atoms with E-state index in [0.717, 1.165) is 32.4 Å². The highest BCUT2D eigenvalue weighted by Crippen LogP contribution is 2.23. The van der Waals surface area contributed by atoms with Crippen LogP contribution in [0.4, 0.5) is 0 Å². The Hall–Kier alpha value is -1.10. The van der Waals surface area contributed by atoms with Crippen molar-refractivity contribution in [2.45, 2.75) is 46.5 Å². The van der Waals surface area contributed by atoms with Gasteiger partial charge in [0.15, 0.2) is 0 Å². The van der Waals surface area contributed by atoms with E-state index in [4.69, 9.17) is 5.73 Å². The van der Waals surface area contributed by atoms with Crippen molar-refractivity contribution in [3.8, 4) is 0 Å². The summed E-state index contributed by atoms with van der Waals surface area (Å²) in [7, 11) is 0. The van der Waals surface area contributed by atoms with Gasteiger partial charge in [0.05, 0.1) is 5.92 Å². The lowest BCUT2D eigenvalue weighted by Crippen LogP contribution is -2.39. The highest BCUT2D eigenvalue weighted by Gasteiger charge is 2.24. The van der Waals surface area contributed by atoms with E-state index in [1.165, 1.54) is 0 Å². The third kappa shape index (κ3) is 5.90. The zero-order valence-corrected chi connectivity index (χ0v) is 13.1. The van der Waals surface area contributed by atoms with Gasteiger partial charge in [-0.05, 0) is 24.7 Å². The second-order valence-electron chi connectivity index (χ2n) is 6.83. The summed E-state index contributed by atoms with van der Waals surface area (Å²) < 4.78 is 0. The van der Waals surface area contributed by atoms with Crippen molar-refractivity contribution in [3.05, 3.63) is 0 Å². The molecule has 20 heavy (non-hydrogen) atoms. The fourth-order valence-electron chi connectivity index (χ4n) is 2.58. The maximum absolute atomic E-state index is 12.0. The molecular formula is C15H29N3O2. The van der Waals surface area contributed by atoms with Crippen LogP contribution >= 0.6 is 0 Å². The van der Waals surface area contributed by atoms with Crippen molar-refractivity contribution in [1.29, 1.82) is 0 Å². The molecule has 0 aromatic rings. The van der Waals surface area contributed by atoms with Gasteiger partial charge in [-0.3, -0.25) is 9.59 Å². The normalized spacial score (nSPS) is 17.1. The van der Waals surface area contributed by atoms with Gasteiger partial charge in [0.25, 0.3) is 0 Å². The Kier molecular flexibility index (Phi) is 6.46. The largest absolute Gasteiger partial charge is 0.355 e. The van der Waals surface area contributed by atoms with Crippen molar-refractivity contribution in [2.24, 2.45) is 17.1 Å². The molecule has 1 atom stereocenters. The molecule has 0 radical (unpaired) electrons. The van der Waals surface area contributed by atoms with E-state index >= 15 is 0 Å². The summed E-state index contributed by atoms with van der Waals surface area (Å²) in [4.78, 5) is 25.8. The number of carbonyl (C=O) groups is 2. The molecule has 0 aliphatic carbocycles. The fourth-order valence-corrected chi connectivity index (χ4v) is 2.58. The van der Waals surface area contributed by atoms with Crippen molar-refractivity contribution < 1.29 is 9.59 Å². The molecule has 3 N–H and O–H groups in total. The van der Waals surface area contributed by atoms with Gasteiger partial charge < -0.3 is 16.0 Å². The van der Waals surface area contributed by atoms with Crippen LogP contribution in [0, 0.1) is 11.3 Å². The molecule has 1 rings (SSSR count). The predicted octanol–water partition coefficient (Wildman–Crippen LogP) is 1.13. The van der Waals surface area contributed by atoms with Crippen molar-refractivity contribution in [3.63, 3.8) is 0 Å². The van der Waals surface area contributed by atoms with E-state index < -0.39 is 0 Å². The number of likely N-dealkylation sites (tertiary alicyclic amines) is 1. The summed E-state index contributed by atoms with van der Waals surface area (Å²) in [6.45, 7) is 8.78. The van der Waals surface area contributed by atoms with Crippen LogP contribution in [0.5, 0.6) is 0 Å². The number of nitrogens with one attached hydrogen (secondary N) is 1. The molecule has 2 amide bonds. The van der Waals surface area contributed by atoms with E-state index in [9.17, 15) is 9.59 Å². The van der Waals surface area contributed by atoms with Crippen LogP contribution in [0.2, 0.25) is 0 Å². The molecule has 1 unspecified atom stereocenters. The van der Waals surface area contributed by atoms with E-state index in [2.05, 4.69) is 26.1 Å². The molecular weight excluding hydrogens is 254 g/mol. The average Bonchev–Trinajstić information content (AvgIpc) is 2.88. The summed E-state index contributed by atoms with van der Waals surface area (Å²) in [6, 6.07) is 0. The van der Waals surface area contributed by atoms with Crippen LogP contribution in [-0.2, 0) is 9.59 Å². The first-order chi connectivity index (χ1) is 9.33. The van der Waals surface area contributed by atoms with Crippen LogP contribution in [0.1, 0.15) is 46.5 Å². The Labute approximate surface area is 122 Å².